The van der Waals surface area contributed by atoms with E-state index in [-0.39, 0.29) is 16.8 Å². The molecule has 1 atom stereocenters. The molecule has 8 heteroatoms. The first kappa shape index (κ1) is 20.0. The lowest BCUT2D eigenvalue weighted by Crippen LogP contribution is -2.42. The summed E-state index contributed by atoms with van der Waals surface area (Å²) in [4.78, 5) is 12.4. The number of hydrogen-bond donors (Lipinski definition) is 3. The summed E-state index contributed by atoms with van der Waals surface area (Å²) in [5, 5.41) is 9.73. The summed E-state index contributed by atoms with van der Waals surface area (Å²) in [7, 11) is -3.60. The van der Waals surface area contributed by atoms with Gasteiger partial charge in [-0.25, -0.2) is 13.1 Å². The van der Waals surface area contributed by atoms with E-state index >= 15 is 0 Å². The van der Waals surface area contributed by atoms with Crippen LogP contribution < -0.4 is 15.4 Å². The summed E-state index contributed by atoms with van der Waals surface area (Å²) in [5.41, 5.74) is 1.90. The third-order valence-electron chi connectivity index (χ3n) is 4.97. The highest BCUT2D eigenvalue weighted by molar-refractivity contribution is 7.89. The van der Waals surface area contributed by atoms with E-state index in [2.05, 4.69) is 15.4 Å². The Morgan fingerprint density at radius 2 is 2.00 bits per heavy atom. The van der Waals surface area contributed by atoms with E-state index in [4.69, 9.17) is 0 Å². The van der Waals surface area contributed by atoms with Gasteiger partial charge >= 0.3 is 0 Å². The molecular formula is C19H25N3O3S2. The number of rotatable bonds is 6. The molecule has 0 saturated carbocycles. The summed E-state index contributed by atoms with van der Waals surface area (Å²) in [6.45, 7) is 5.57. The smallest absolute Gasteiger partial charge is 0.256 e. The lowest BCUT2D eigenvalue weighted by molar-refractivity contribution is 0.102. The van der Waals surface area contributed by atoms with E-state index in [9.17, 15) is 13.2 Å². The third-order valence-corrected chi connectivity index (χ3v) is 7.21. The van der Waals surface area contributed by atoms with Crippen LogP contribution in [0.1, 0.15) is 35.7 Å². The van der Waals surface area contributed by atoms with Gasteiger partial charge in [-0.1, -0.05) is 0 Å². The number of nitrogens with one attached hydrogen (secondary N) is 3. The first-order chi connectivity index (χ1) is 12.9. The Hall–Kier alpha value is -1.74. The molecule has 1 amide bonds. The van der Waals surface area contributed by atoms with Crippen molar-refractivity contribution in [1.82, 2.24) is 10.0 Å². The van der Waals surface area contributed by atoms with Crippen LogP contribution in [0.3, 0.4) is 0 Å². The summed E-state index contributed by atoms with van der Waals surface area (Å²) in [6, 6.07) is 6.41. The van der Waals surface area contributed by atoms with Crippen LogP contribution in [0.15, 0.2) is 39.9 Å². The Kier molecular flexibility index (Phi) is 6.31. The van der Waals surface area contributed by atoms with Gasteiger partial charge in [0, 0.05) is 17.1 Å². The molecule has 0 spiro atoms. The minimum atomic E-state index is -3.60. The summed E-state index contributed by atoms with van der Waals surface area (Å²) in [6.07, 6.45) is 1.94. The Labute approximate surface area is 164 Å². The van der Waals surface area contributed by atoms with Gasteiger partial charge in [0.15, 0.2) is 0 Å². The fourth-order valence-electron chi connectivity index (χ4n) is 3.28. The largest absolute Gasteiger partial charge is 0.322 e. The summed E-state index contributed by atoms with van der Waals surface area (Å²) >= 11 is 1.45. The highest BCUT2D eigenvalue weighted by Crippen LogP contribution is 2.23. The molecular weight excluding hydrogens is 382 g/mol. The second-order valence-electron chi connectivity index (χ2n) is 6.94. The molecule has 2 heterocycles. The normalized spacial score (nSPS) is 16.8. The van der Waals surface area contributed by atoms with Crippen LogP contribution in [-0.2, 0) is 10.0 Å². The molecule has 2 aromatic rings. The molecule has 1 fully saturated rings. The Morgan fingerprint density at radius 1 is 1.26 bits per heavy atom. The van der Waals surface area contributed by atoms with E-state index in [0.717, 1.165) is 25.9 Å². The van der Waals surface area contributed by atoms with Gasteiger partial charge in [-0.05, 0) is 80.9 Å². The number of hydrogen-bond acceptors (Lipinski definition) is 5. The van der Waals surface area contributed by atoms with Crippen molar-refractivity contribution >= 4 is 33.0 Å². The number of carbonyl (C=O) groups is 1. The molecule has 0 bridgehead atoms. The van der Waals surface area contributed by atoms with E-state index < -0.39 is 10.0 Å². The zero-order chi connectivity index (χ0) is 19.4. The second kappa shape index (κ2) is 8.52. The van der Waals surface area contributed by atoms with E-state index in [1.54, 1.807) is 30.5 Å². The fourth-order valence-corrected chi connectivity index (χ4v) is 5.32. The fraction of sp³-hybridized carbons (Fsp3) is 0.421. The zero-order valence-corrected chi connectivity index (χ0v) is 17.1. The van der Waals surface area contributed by atoms with E-state index in [1.807, 2.05) is 12.3 Å². The first-order valence-electron chi connectivity index (χ1n) is 9.04. The highest BCUT2D eigenvalue weighted by Gasteiger charge is 2.25. The summed E-state index contributed by atoms with van der Waals surface area (Å²) in [5.74, 6) is 0.138. The first-order valence-corrected chi connectivity index (χ1v) is 11.5. The number of carbonyl (C=O) groups excluding carboxylic acids is 1. The van der Waals surface area contributed by atoms with Crippen LogP contribution in [0.5, 0.6) is 0 Å². The van der Waals surface area contributed by atoms with Gasteiger partial charge in [0.25, 0.3) is 5.91 Å². The average Bonchev–Trinajstić information content (AvgIpc) is 3.18. The van der Waals surface area contributed by atoms with Crippen LogP contribution in [0.4, 0.5) is 5.69 Å². The van der Waals surface area contributed by atoms with Crippen LogP contribution in [0.2, 0.25) is 0 Å². The van der Waals surface area contributed by atoms with Crippen molar-refractivity contribution in [3.63, 3.8) is 0 Å². The second-order valence-corrected chi connectivity index (χ2v) is 9.43. The standard InChI is InChI=1S/C19H25N3O3S2/c1-13-11-17(3-4-18(13)21-19(23)16-7-10-26-12-16)27(24,25)22-14(2)15-5-8-20-9-6-15/h3-4,7,10-12,14-15,20,22H,5-6,8-9H2,1-2H3,(H,21,23). The minimum Gasteiger partial charge on any atom is -0.322 e. The molecule has 1 unspecified atom stereocenters. The van der Waals surface area contributed by atoms with Crippen molar-refractivity contribution in [3.05, 3.63) is 46.2 Å². The SMILES string of the molecule is Cc1cc(S(=O)(=O)NC(C)C2CCNCC2)ccc1NC(=O)c1ccsc1. The molecule has 1 saturated heterocycles. The molecule has 0 radical (unpaired) electrons. The van der Waals surface area contributed by atoms with Gasteiger partial charge in [0.05, 0.1) is 10.5 Å². The number of anilines is 1. The van der Waals surface area contributed by atoms with Gasteiger partial charge in [-0.2, -0.15) is 11.3 Å². The quantitative estimate of drug-likeness (QED) is 0.687. The number of aryl methyl sites for hydroxylation is 1. The molecule has 27 heavy (non-hydrogen) atoms. The van der Waals surface area contributed by atoms with Gasteiger partial charge in [-0.15, -0.1) is 0 Å². The van der Waals surface area contributed by atoms with Gasteiger partial charge in [0.2, 0.25) is 10.0 Å². The Bertz CT molecular complexity index is 889. The molecule has 6 nitrogen and oxygen atoms in total. The van der Waals surface area contributed by atoms with Crippen molar-refractivity contribution in [2.24, 2.45) is 5.92 Å². The maximum absolute atomic E-state index is 12.7. The van der Waals surface area contributed by atoms with Gasteiger partial charge in [-0.3, -0.25) is 4.79 Å². The Balaban J connectivity index is 1.70. The number of sulfonamides is 1. The van der Waals surface area contributed by atoms with Crippen molar-refractivity contribution in [3.8, 4) is 0 Å². The molecule has 1 aromatic heterocycles. The minimum absolute atomic E-state index is 0.115. The maximum atomic E-state index is 12.7. The predicted octanol–water partition coefficient (Wildman–Crippen LogP) is 2.98. The molecule has 3 N–H and O–H groups in total. The number of benzene rings is 1. The molecule has 3 rings (SSSR count). The number of amides is 1. The number of piperidine rings is 1. The molecule has 1 aliphatic rings. The van der Waals surface area contributed by atoms with Crippen LogP contribution >= 0.6 is 11.3 Å². The molecule has 1 aromatic carbocycles. The lowest BCUT2D eigenvalue weighted by atomic mass is 9.92. The number of thiophene rings is 1. The summed E-state index contributed by atoms with van der Waals surface area (Å²) < 4.78 is 28.3. The van der Waals surface area contributed by atoms with Crippen LogP contribution in [0, 0.1) is 12.8 Å². The lowest BCUT2D eigenvalue weighted by Gasteiger charge is -2.28. The Morgan fingerprint density at radius 3 is 2.63 bits per heavy atom. The van der Waals surface area contributed by atoms with Crippen LogP contribution in [-0.4, -0.2) is 33.5 Å². The van der Waals surface area contributed by atoms with Gasteiger partial charge in [0.1, 0.15) is 0 Å². The predicted molar refractivity (Wildman–Crippen MR) is 109 cm³/mol. The van der Waals surface area contributed by atoms with Crippen LogP contribution in [0.25, 0.3) is 0 Å². The van der Waals surface area contributed by atoms with Crippen molar-refractivity contribution in [1.29, 1.82) is 0 Å². The van der Waals surface area contributed by atoms with Crippen molar-refractivity contribution < 1.29 is 13.2 Å². The zero-order valence-electron chi connectivity index (χ0n) is 15.5. The van der Waals surface area contributed by atoms with Crippen molar-refractivity contribution in [2.75, 3.05) is 18.4 Å². The molecule has 146 valence electrons. The van der Waals surface area contributed by atoms with Crippen molar-refractivity contribution in [2.45, 2.75) is 37.6 Å². The highest BCUT2D eigenvalue weighted by atomic mass is 32.2. The third kappa shape index (κ3) is 4.95. The molecule has 0 aliphatic carbocycles. The van der Waals surface area contributed by atoms with E-state index in [1.165, 1.54) is 17.4 Å². The molecule has 1 aliphatic heterocycles. The monoisotopic (exact) mass is 407 g/mol. The van der Waals surface area contributed by atoms with Gasteiger partial charge < -0.3 is 10.6 Å². The topological polar surface area (TPSA) is 87.3 Å². The average molecular weight is 408 g/mol. The van der Waals surface area contributed by atoms with E-state index in [0.29, 0.717) is 22.7 Å². The maximum Gasteiger partial charge on any atom is 0.256 e.